The minimum Gasteiger partial charge on any atom is -0.283 e. The highest BCUT2D eigenvalue weighted by Gasteiger charge is 2.16. The fraction of sp³-hybridized carbons (Fsp3) is 0.364. The Hall–Kier alpha value is -1.69. The van der Waals surface area contributed by atoms with Gasteiger partial charge in [-0.1, -0.05) is 0 Å². The van der Waals surface area contributed by atoms with Gasteiger partial charge in [0.2, 0.25) is 10.0 Å². The molecule has 0 saturated heterocycles. The molecule has 0 aromatic carbocycles. The van der Waals surface area contributed by atoms with Crippen LogP contribution in [0.3, 0.4) is 0 Å². The quantitative estimate of drug-likeness (QED) is 0.699. The summed E-state index contributed by atoms with van der Waals surface area (Å²) in [5.41, 5.74) is 1.14. The summed E-state index contributed by atoms with van der Waals surface area (Å²) < 4.78 is 54.0. The largest absolute Gasteiger partial charge is 0.283 e. The molecule has 0 aliphatic heterocycles. The Balaban J connectivity index is 1.99. The van der Waals surface area contributed by atoms with E-state index in [1.54, 1.807) is 35.1 Å². The molecule has 2 rings (SSSR count). The zero-order chi connectivity index (χ0) is 16.4. The summed E-state index contributed by atoms with van der Waals surface area (Å²) >= 11 is 0. The molecule has 0 atom stereocenters. The van der Waals surface area contributed by atoms with Gasteiger partial charge in [-0.25, -0.2) is 17.7 Å². The monoisotopic (exact) mass is 347 g/mol. The summed E-state index contributed by atoms with van der Waals surface area (Å²) in [5, 5.41) is 4.01. The van der Waals surface area contributed by atoms with Crippen LogP contribution in [0.5, 0.6) is 0 Å². The Kier molecular flexibility index (Phi) is 4.70. The number of aromatic nitrogens is 2. The SMILES string of the molecule is CN(C)S(=O)(=O)NCCS(=O)(=O)Nc1ccn2nccc2c1. The summed E-state index contributed by atoms with van der Waals surface area (Å²) in [5.74, 6) is -0.371. The molecule has 0 radical (unpaired) electrons. The third-order valence-electron chi connectivity index (χ3n) is 2.81. The summed E-state index contributed by atoms with van der Waals surface area (Å²) in [6.07, 6.45) is 3.23. The molecule has 0 spiro atoms. The molecule has 2 aromatic heterocycles. The van der Waals surface area contributed by atoms with Gasteiger partial charge in [-0.05, 0) is 18.2 Å². The molecule has 11 heteroatoms. The number of fused-ring (bicyclic) bond motifs is 1. The summed E-state index contributed by atoms with van der Waals surface area (Å²) in [4.78, 5) is 0. The van der Waals surface area contributed by atoms with E-state index in [9.17, 15) is 16.8 Å². The smallest absolute Gasteiger partial charge is 0.278 e. The van der Waals surface area contributed by atoms with Crippen molar-refractivity contribution in [1.29, 1.82) is 0 Å². The summed E-state index contributed by atoms with van der Waals surface area (Å²) in [6, 6.07) is 4.94. The van der Waals surface area contributed by atoms with Crippen molar-refractivity contribution in [1.82, 2.24) is 18.6 Å². The molecule has 0 amide bonds. The molecule has 0 aliphatic carbocycles. The fourth-order valence-corrected chi connectivity index (χ4v) is 3.36. The topological polar surface area (TPSA) is 113 Å². The normalized spacial score (nSPS) is 12.9. The number of rotatable bonds is 7. The predicted octanol–water partition coefficient (Wildman–Crippen LogP) is -0.528. The van der Waals surface area contributed by atoms with Crippen molar-refractivity contribution < 1.29 is 16.8 Å². The number of sulfonamides is 1. The van der Waals surface area contributed by atoms with E-state index in [0.717, 1.165) is 9.82 Å². The molecule has 0 saturated carbocycles. The van der Waals surface area contributed by atoms with Crippen molar-refractivity contribution in [2.75, 3.05) is 31.1 Å². The molecule has 0 aliphatic rings. The van der Waals surface area contributed by atoms with E-state index in [0.29, 0.717) is 5.69 Å². The van der Waals surface area contributed by atoms with Crippen LogP contribution in [0.2, 0.25) is 0 Å². The number of nitrogens with zero attached hydrogens (tertiary/aromatic N) is 3. The number of hydrogen-bond donors (Lipinski definition) is 2. The number of anilines is 1. The van der Waals surface area contributed by atoms with Gasteiger partial charge >= 0.3 is 0 Å². The highest BCUT2D eigenvalue weighted by molar-refractivity contribution is 7.92. The molecule has 0 unspecified atom stereocenters. The molecule has 22 heavy (non-hydrogen) atoms. The second kappa shape index (κ2) is 6.20. The second-order valence-electron chi connectivity index (χ2n) is 4.72. The van der Waals surface area contributed by atoms with Crippen LogP contribution in [-0.4, -0.2) is 57.1 Å². The maximum Gasteiger partial charge on any atom is 0.278 e. The molecular formula is C11H17N5O4S2. The Morgan fingerprint density at radius 3 is 2.64 bits per heavy atom. The molecule has 2 heterocycles. The van der Waals surface area contributed by atoms with Crippen molar-refractivity contribution in [3.05, 3.63) is 30.6 Å². The van der Waals surface area contributed by atoms with Crippen molar-refractivity contribution in [2.24, 2.45) is 0 Å². The summed E-state index contributed by atoms with van der Waals surface area (Å²) in [7, 11) is -4.58. The van der Waals surface area contributed by atoms with E-state index < -0.39 is 20.2 Å². The van der Waals surface area contributed by atoms with Crippen LogP contribution in [0.4, 0.5) is 5.69 Å². The first kappa shape index (κ1) is 16.7. The molecule has 9 nitrogen and oxygen atoms in total. The van der Waals surface area contributed by atoms with Crippen LogP contribution in [0, 0.1) is 0 Å². The molecule has 0 fully saturated rings. The van der Waals surface area contributed by atoms with Crippen LogP contribution in [0.25, 0.3) is 5.52 Å². The number of nitrogens with one attached hydrogen (secondary N) is 2. The summed E-state index contributed by atoms with van der Waals surface area (Å²) in [6.45, 7) is -0.217. The predicted molar refractivity (Wildman–Crippen MR) is 83.2 cm³/mol. The highest BCUT2D eigenvalue weighted by atomic mass is 32.2. The molecule has 0 bridgehead atoms. The van der Waals surface area contributed by atoms with Crippen molar-refractivity contribution in [2.45, 2.75) is 0 Å². The van der Waals surface area contributed by atoms with Gasteiger partial charge in [0.1, 0.15) is 0 Å². The van der Waals surface area contributed by atoms with Gasteiger partial charge in [0, 0.05) is 33.0 Å². The van der Waals surface area contributed by atoms with E-state index in [4.69, 9.17) is 0 Å². The molecular weight excluding hydrogens is 330 g/mol. The van der Waals surface area contributed by atoms with E-state index in [-0.39, 0.29) is 12.3 Å². The van der Waals surface area contributed by atoms with Crippen LogP contribution < -0.4 is 9.44 Å². The third-order valence-corrected chi connectivity index (χ3v) is 5.63. The average molecular weight is 347 g/mol. The average Bonchev–Trinajstić information content (AvgIpc) is 2.84. The Bertz CT molecular complexity index is 857. The zero-order valence-electron chi connectivity index (χ0n) is 12.1. The lowest BCUT2D eigenvalue weighted by atomic mass is 10.4. The van der Waals surface area contributed by atoms with Crippen LogP contribution >= 0.6 is 0 Å². The van der Waals surface area contributed by atoms with Gasteiger partial charge in [0.25, 0.3) is 10.2 Å². The Morgan fingerprint density at radius 2 is 1.95 bits per heavy atom. The van der Waals surface area contributed by atoms with Crippen LogP contribution in [0.15, 0.2) is 30.6 Å². The van der Waals surface area contributed by atoms with Gasteiger partial charge in [-0.3, -0.25) is 4.72 Å². The lowest BCUT2D eigenvalue weighted by Crippen LogP contribution is -2.38. The first-order chi connectivity index (χ1) is 10.2. The second-order valence-corrected chi connectivity index (χ2v) is 8.53. The maximum atomic E-state index is 11.9. The van der Waals surface area contributed by atoms with Crippen molar-refractivity contribution >= 4 is 31.4 Å². The Labute approximate surface area is 129 Å². The van der Waals surface area contributed by atoms with Crippen LogP contribution in [0.1, 0.15) is 0 Å². The van der Waals surface area contributed by atoms with E-state index in [1.807, 2.05) is 0 Å². The van der Waals surface area contributed by atoms with Crippen molar-refractivity contribution in [3.63, 3.8) is 0 Å². The lowest BCUT2D eigenvalue weighted by Gasteiger charge is -2.13. The minimum atomic E-state index is -3.66. The lowest BCUT2D eigenvalue weighted by molar-refractivity contribution is 0.507. The number of pyridine rings is 1. The standard InChI is InChI=1S/C11H17N5O4S2/c1-15(2)22(19,20)13-6-8-21(17,18)14-10-4-7-16-11(9-10)3-5-12-16/h3-5,7,9,13-14H,6,8H2,1-2H3. The van der Waals surface area contributed by atoms with Gasteiger partial charge < -0.3 is 0 Å². The van der Waals surface area contributed by atoms with Gasteiger partial charge in [-0.15, -0.1) is 0 Å². The van der Waals surface area contributed by atoms with Crippen molar-refractivity contribution in [3.8, 4) is 0 Å². The maximum absolute atomic E-state index is 11.9. The van der Waals surface area contributed by atoms with E-state index in [1.165, 1.54) is 14.1 Å². The van der Waals surface area contributed by atoms with Gasteiger partial charge in [0.05, 0.1) is 17.0 Å². The van der Waals surface area contributed by atoms with Gasteiger partial charge in [-0.2, -0.15) is 17.8 Å². The first-order valence-corrected chi connectivity index (χ1v) is 9.40. The minimum absolute atomic E-state index is 0.217. The van der Waals surface area contributed by atoms with E-state index >= 15 is 0 Å². The number of hydrogen-bond acceptors (Lipinski definition) is 5. The van der Waals surface area contributed by atoms with E-state index in [2.05, 4.69) is 14.5 Å². The fourth-order valence-electron chi connectivity index (χ4n) is 1.65. The first-order valence-electron chi connectivity index (χ1n) is 6.31. The molecule has 2 aromatic rings. The highest BCUT2D eigenvalue weighted by Crippen LogP contribution is 2.12. The Morgan fingerprint density at radius 1 is 1.23 bits per heavy atom. The zero-order valence-corrected chi connectivity index (χ0v) is 13.7. The molecule has 2 N–H and O–H groups in total. The van der Waals surface area contributed by atoms with Gasteiger partial charge in [0.15, 0.2) is 0 Å². The third kappa shape index (κ3) is 4.16. The van der Waals surface area contributed by atoms with Crippen LogP contribution in [-0.2, 0) is 20.2 Å². The molecule has 122 valence electrons.